The maximum Gasteiger partial charge on any atom is 0.323 e. The summed E-state index contributed by atoms with van der Waals surface area (Å²) >= 11 is 12.2. The van der Waals surface area contributed by atoms with Crippen LogP contribution < -0.4 is 21.5 Å². The summed E-state index contributed by atoms with van der Waals surface area (Å²) < 4.78 is 1.29. The van der Waals surface area contributed by atoms with Crippen LogP contribution in [0, 0.1) is 0 Å². The third kappa shape index (κ3) is 8.49. The molecule has 1 aliphatic rings. The average Bonchev–Trinajstić information content (AvgIpc) is 3.05. The Balaban J connectivity index is 1.25. The first-order chi connectivity index (χ1) is 22.2. The van der Waals surface area contributed by atoms with Crippen molar-refractivity contribution in [3.8, 4) is 22.4 Å². The Labute approximate surface area is 277 Å². The lowest BCUT2D eigenvalue weighted by Gasteiger charge is -2.32. The Morgan fingerprint density at radius 1 is 0.891 bits per heavy atom. The Bertz CT molecular complexity index is 1730. The first kappa shape index (κ1) is 33.1. The average molecular weight is 664 g/mol. The van der Waals surface area contributed by atoms with Crippen LogP contribution in [0.5, 0.6) is 0 Å². The topological polar surface area (TPSA) is 124 Å². The number of amides is 3. The lowest BCUT2D eigenvalue weighted by atomic mass is 9.99. The number of nitrogens with one attached hydrogen (secondary N) is 3. The second kappa shape index (κ2) is 15.3. The number of benzene rings is 2. The number of carbonyl (C=O) groups is 2. The molecular weight excluding hydrogens is 627 g/mol. The largest absolute Gasteiger partial charge is 0.355 e. The molecule has 240 valence electrons. The molecule has 3 N–H and O–H groups in total. The van der Waals surface area contributed by atoms with E-state index < -0.39 is 11.6 Å². The summed E-state index contributed by atoms with van der Waals surface area (Å²) in [5.74, 6) is 0.00562. The van der Waals surface area contributed by atoms with Crippen molar-refractivity contribution < 1.29 is 9.59 Å². The molecule has 11 nitrogen and oxygen atoms in total. The molecule has 3 amide bonds. The van der Waals surface area contributed by atoms with Crippen molar-refractivity contribution in [1.29, 1.82) is 0 Å². The number of piperazine rings is 1. The SMILES string of the molecule is CCn1nc(-c2cccc(-c3ccc(CC(=O)NCCN4CCN(C)CC4)cc3)c2)cc(NC(=O)Nc2c(Cl)cncc2Cl)c1=O. The Morgan fingerprint density at radius 3 is 2.28 bits per heavy atom. The molecule has 0 atom stereocenters. The molecule has 46 heavy (non-hydrogen) atoms. The summed E-state index contributed by atoms with van der Waals surface area (Å²) in [7, 11) is 2.13. The van der Waals surface area contributed by atoms with Gasteiger partial charge in [-0.25, -0.2) is 9.48 Å². The van der Waals surface area contributed by atoms with Crippen molar-refractivity contribution in [2.24, 2.45) is 0 Å². The van der Waals surface area contributed by atoms with Crippen LogP contribution in [0.15, 0.2) is 71.8 Å². The number of likely N-dealkylation sites (N-methyl/N-ethyl adjacent to an activating group) is 1. The fourth-order valence-corrected chi connectivity index (χ4v) is 5.59. The van der Waals surface area contributed by atoms with E-state index in [4.69, 9.17) is 23.2 Å². The molecule has 0 radical (unpaired) electrons. The van der Waals surface area contributed by atoms with Crippen LogP contribution in [0.25, 0.3) is 22.4 Å². The van der Waals surface area contributed by atoms with E-state index in [1.807, 2.05) is 48.5 Å². The molecule has 0 bridgehead atoms. The van der Waals surface area contributed by atoms with Gasteiger partial charge in [0.25, 0.3) is 5.56 Å². The highest BCUT2D eigenvalue weighted by molar-refractivity contribution is 6.39. The van der Waals surface area contributed by atoms with Gasteiger partial charge in [-0.3, -0.25) is 19.5 Å². The predicted molar refractivity (Wildman–Crippen MR) is 183 cm³/mol. The van der Waals surface area contributed by atoms with Gasteiger partial charge in [0.05, 0.1) is 27.8 Å². The minimum Gasteiger partial charge on any atom is -0.355 e. The number of carbonyl (C=O) groups excluding carboxylic acids is 2. The fraction of sp³-hybridized carbons (Fsp3) is 0.303. The van der Waals surface area contributed by atoms with E-state index in [9.17, 15) is 14.4 Å². The zero-order valence-electron chi connectivity index (χ0n) is 25.7. The normalized spacial score (nSPS) is 13.7. The molecule has 5 rings (SSSR count). The van der Waals surface area contributed by atoms with E-state index >= 15 is 0 Å². The smallest absolute Gasteiger partial charge is 0.323 e. The van der Waals surface area contributed by atoms with E-state index in [1.165, 1.54) is 23.1 Å². The quantitative estimate of drug-likeness (QED) is 0.222. The number of pyridine rings is 1. The van der Waals surface area contributed by atoms with Crippen LogP contribution in [0.4, 0.5) is 16.2 Å². The summed E-state index contributed by atoms with van der Waals surface area (Å²) in [5, 5.41) is 13.0. The van der Waals surface area contributed by atoms with E-state index in [-0.39, 0.29) is 27.3 Å². The van der Waals surface area contributed by atoms with Crippen LogP contribution in [-0.4, -0.2) is 82.8 Å². The lowest BCUT2D eigenvalue weighted by molar-refractivity contribution is -0.120. The van der Waals surface area contributed by atoms with Gasteiger partial charge in [-0.1, -0.05) is 65.7 Å². The first-order valence-electron chi connectivity index (χ1n) is 15.1. The van der Waals surface area contributed by atoms with Gasteiger partial charge >= 0.3 is 6.03 Å². The Kier molecular flexibility index (Phi) is 11.0. The number of halogens is 2. The van der Waals surface area contributed by atoms with Crippen LogP contribution in [-0.2, 0) is 17.8 Å². The van der Waals surface area contributed by atoms with Crippen LogP contribution in [0.1, 0.15) is 12.5 Å². The highest BCUT2D eigenvalue weighted by Crippen LogP contribution is 2.29. The van der Waals surface area contributed by atoms with Crippen molar-refractivity contribution >= 4 is 46.5 Å². The molecule has 0 unspecified atom stereocenters. The molecule has 1 fully saturated rings. The summed E-state index contributed by atoms with van der Waals surface area (Å²) in [4.78, 5) is 46.9. The molecule has 3 heterocycles. The maximum atomic E-state index is 13.0. The number of urea groups is 1. The zero-order valence-corrected chi connectivity index (χ0v) is 27.2. The predicted octanol–water partition coefficient (Wildman–Crippen LogP) is 4.85. The number of aromatic nitrogens is 3. The highest BCUT2D eigenvalue weighted by Gasteiger charge is 2.16. The van der Waals surface area contributed by atoms with Gasteiger partial charge in [0.15, 0.2) is 0 Å². The summed E-state index contributed by atoms with van der Waals surface area (Å²) in [6, 6.07) is 16.5. The number of hydrogen-bond acceptors (Lipinski definition) is 7. The van der Waals surface area contributed by atoms with E-state index in [1.54, 1.807) is 6.92 Å². The second-order valence-electron chi connectivity index (χ2n) is 11.1. The van der Waals surface area contributed by atoms with Crippen molar-refractivity contribution in [2.75, 3.05) is 56.9 Å². The van der Waals surface area contributed by atoms with Crippen molar-refractivity contribution in [1.82, 2.24) is 29.9 Å². The van der Waals surface area contributed by atoms with Gasteiger partial charge in [-0.2, -0.15) is 5.10 Å². The molecule has 0 spiro atoms. The minimum absolute atomic E-state index is 0.00562. The fourth-order valence-electron chi connectivity index (χ4n) is 5.13. The maximum absolute atomic E-state index is 13.0. The molecule has 0 aliphatic carbocycles. The molecule has 13 heteroatoms. The molecule has 2 aromatic heterocycles. The second-order valence-corrected chi connectivity index (χ2v) is 11.9. The number of rotatable bonds is 10. The molecule has 2 aromatic carbocycles. The van der Waals surface area contributed by atoms with Crippen LogP contribution >= 0.6 is 23.2 Å². The Morgan fingerprint density at radius 2 is 1.59 bits per heavy atom. The molecule has 0 saturated carbocycles. The van der Waals surface area contributed by atoms with E-state index in [0.717, 1.165) is 55.0 Å². The number of nitrogens with zero attached hydrogens (tertiary/aromatic N) is 5. The van der Waals surface area contributed by atoms with Crippen LogP contribution in [0.2, 0.25) is 10.0 Å². The summed E-state index contributed by atoms with van der Waals surface area (Å²) in [5.41, 5.74) is 3.86. The zero-order chi connectivity index (χ0) is 32.6. The Hall–Kier alpha value is -4.29. The van der Waals surface area contributed by atoms with Crippen molar-refractivity contribution in [3.05, 3.63) is 93.0 Å². The summed E-state index contributed by atoms with van der Waals surface area (Å²) in [6.07, 6.45) is 3.02. The van der Waals surface area contributed by atoms with Gasteiger partial charge in [-0.15, -0.1) is 0 Å². The van der Waals surface area contributed by atoms with Crippen molar-refractivity contribution in [3.63, 3.8) is 0 Å². The van der Waals surface area contributed by atoms with Gasteiger partial charge < -0.3 is 20.9 Å². The van der Waals surface area contributed by atoms with Crippen LogP contribution in [0.3, 0.4) is 0 Å². The molecule has 4 aromatic rings. The molecule has 1 saturated heterocycles. The molecular formula is C33H36Cl2N8O3. The molecule has 1 aliphatic heterocycles. The number of anilines is 2. The van der Waals surface area contributed by atoms with E-state index in [2.05, 4.69) is 42.9 Å². The van der Waals surface area contributed by atoms with E-state index in [0.29, 0.717) is 25.2 Å². The monoisotopic (exact) mass is 662 g/mol. The standard InChI is InChI=1S/C33H36Cl2N8O3/c1-3-43-32(45)29(38-33(46)39-31-26(34)20-36-21-27(31)35)19-28(40-43)25-6-4-5-24(18-25)23-9-7-22(8-10-23)17-30(44)37-11-12-42-15-13-41(2)14-16-42/h4-10,18-21H,3,11-17H2,1-2H3,(H,37,44)(H2,36,38,39,46). The minimum atomic E-state index is -0.690. The third-order valence-electron chi connectivity index (χ3n) is 7.77. The first-order valence-corrected chi connectivity index (χ1v) is 15.8. The van der Waals surface area contributed by atoms with Gasteiger partial charge in [0.2, 0.25) is 5.91 Å². The van der Waals surface area contributed by atoms with Crippen molar-refractivity contribution in [2.45, 2.75) is 19.9 Å². The number of aryl methyl sites for hydroxylation is 1. The number of hydrogen-bond donors (Lipinski definition) is 3. The summed E-state index contributed by atoms with van der Waals surface area (Å²) in [6.45, 7) is 7.77. The van der Waals surface area contributed by atoms with Gasteiger partial charge in [-0.05, 0) is 42.8 Å². The van der Waals surface area contributed by atoms with Gasteiger partial charge in [0, 0.05) is 63.8 Å². The third-order valence-corrected chi connectivity index (χ3v) is 8.34. The highest BCUT2D eigenvalue weighted by atomic mass is 35.5. The lowest BCUT2D eigenvalue weighted by Crippen LogP contribution is -2.47. The van der Waals surface area contributed by atoms with Gasteiger partial charge in [0.1, 0.15) is 5.69 Å².